The second-order valence-electron chi connectivity index (χ2n) is 5.37. The predicted molar refractivity (Wildman–Crippen MR) is 112 cm³/mol. The lowest BCUT2D eigenvalue weighted by atomic mass is 10.0. The maximum atomic E-state index is 9.25. The lowest BCUT2D eigenvalue weighted by Gasteiger charge is -2.32. The van der Waals surface area contributed by atoms with Crippen LogP contribution in [0.2, 0.25) is 1.41 Å². The van der Waals surface area contributed by atoms with Crippen molar-refractivity contribution in [2.45, 2.75) is 44.9 Å². The van der Waals surface area contributed by atoms with Gasteiger partial charge in [0, 0.05) is 53.4 Å². The predicted octanol–water partition coefficient (Wildman–Crippen LogP) is 4.16. The summed E-state index contributed by atoms with van der Waals surface area (Å²) in [7, 11) is 0. The van der Waals surface area contributed by atoms with Crippen molar-refractivity contribution < 1.29 is 26.1 Å². The molecular weight excluding hydrogens is 368 g/mol. The minimum Gasteiger partial charge on any atom is -0.365 e. The highest BCUT2D eigenvalue weighted by molar-refractivity contribution is 7.18. The summed E-state index contributed by atoms with van der Waals surface area (Å²) >= 11 is 0.201. The Morgan fingerprint density at radius 2 is 2.43 bits per heavy atom. The van der Waals surface area contributed by atoms with Gasteiger partial charge in [-0.1, -0.05) is 37.2 Å². The first-order chi connectivity index (χ1) is 21.1. The molecule has 0 saturated carbocycles. The quantitative estimate of drug-likeness (QED) is 0.679. The molecule has 4 rings (SSSR count). The summed E-state index contributed by atoms with van der Waals surface area (Å²) in [5.74, 6) is -4.51. The van der Waals surface area contributed by atoms with E-state index in [9.17, 15) is 5.26 Å². The lowest BCUT2D eigenvalue weighted by molar-refractivity contribution is 0.211. The molecule has 2 aromatic heterocycles. The molecule has 1 aromatic carbocycles. The Labute approximate surface area is 196 Å². The molecule has 1 saturated heterocycles. The fourth-order valence-corrected chi connectivity index (χ4v) is 2.98. The van der Waals surface area contributed by atoms with Crippen LogP contribution < -0.4 is 5.31 Å². The van der Waals surface area contributed by atoms with E-state index < -0.39 is 85.4 Å². The first-order valence-corrected chi connectivity index (χ1v) is 8.55. The first kappa shape index (κ1) is 6.75. The molecule has 0 bridgehead atoms. The van der Waals surface area contributed by atoms with E-state index in [0.29, 0.717) is 0 Å². The zero-order chi connectivity index (χ0) is 36.1. The normalized spacial score (nSPS) is 36.5. The fraction of sp³-hybridized carbons (Fsp3) is 0.429. The Balaban J connectivity index is 1.98. The Morgan fingerprint density at radius 1 is 1.57 bits per heavy atom. The minimum absolute atomic E-state index is 0.0219. The zero-order valence-electron chi connectivity index (χ0n) is 33.0. The van der Waals surface area contributed by atoms with E-state index >= 15 is 0 Å². The van der Waals surface area contributed by atoms with Crippen molar-refractivity contribution in [3.63, 3.8) is 0 Å². The summed E-state index contributed by atoms with van der Waals surface area (Å²) < 4.78 is 159. The van der Waals surface area contributed by atoms with Gasteiger partial charge in [0.2, 0.25) is 0 Å². The van der Waals surface area contributed by atoms with Crippen molar-refractivity contribution in [1.29, 1.82) is 5.26 Å². The third-order valence-electron chi connectivity index (χ3n) is 3.44. The minimum atomic E-state index is -3.98. The molecular formula is C21H24N6S. The van der Waals surface area contributed by atoms with Crippen LogP contribution in [-0.4, -0.2) is 38.9 Å². The molecule has 1 atom stereocenters. The molecule has 3 aromatic rings. The van der Waals surface area contributed by atoms with Crippen molar-refractivity contribution in [2.24, 2.45) is 0 Å². The Hall–Kier alpha value is -2.56. The van der Waals surface area contributed by atoms with Crippen LogP contribution in [0.1, 0.15) is 73.2 Å². The van der Waals surface area contributed by atoms with Gasteiger partial charge < -0.3 is 5.31 Å². The highest BCUT2D eigenvalue weighted by Gasteiger charge is 2.21. The topological polar surface area (TPSA) is 77.7 Å². The van der Waals surface area contributed by atoms with Crippen molar-refractivity contribution in [3.05, 3.63) is 46.7 Å². The van der Waals surface area contributed by atoms with Gasteiger partial charge >= 0.3 is 0 Å². The Bertz CT molecular complexity index is 1700. The van der Waals surface area contributed by atoms with Gasteiger partial charge in [-0.05, 0) is 30.4 Å². The van der Waals surface area contributed by atoms with Crippen molar-refractivity contribution in [2.75, 3.05) is 18.3 Å². The van der Waals surface area contributed by atoms with Crippen molar-refractivity contribution in [3.8, 4) is 6.07 Å². The number of nitrogens with zero attached hydrogens (tertiary/aromatic N) is 5. The number of aromatic nitrogens is 3. The standard InChI is InChI=1S/C21H24N6S/c1-14(2)20-26-18-19(23-13-24-21(18)28-20)25-17-6-8-27(9-7-17)12-16-5-3-4-15(10-16)11-22/h3-5,10,13-14,17H,6-9,12H2,1-2H3,(H,23,24,25)/i1D3,2D3,6D2,7D2,8D2,9D2,12D,13D,14D,17D/hD. The van der Waals surface area contributed by atoms with E-state index in [1.54, 1.807) is 6.07 Å². The number of hydrogen-bond acceptors (Lipinski definition) is 7. The van der Waals surface area contributed by atoms with Gasteiger partial charge in [0.15, 0.2) is 7.23 Å². The first-order valence-electron chi connectivity index (χ1n) is 17.3. The molecule has 1 N–H and O–H groups in total. The van der Waals surface area contributed by atoms with Crippen LogP contribution in [0, 0.1) is 11.3 Å². The molecule has 3 heterocycles. The molecule has 1 unspecified atom stereocenters. The summed E-state index contributed by atoms with van der Waals surface area (Å²) in [4.78, 5) is 10.5. The molecule has 28 heavy (non-hydrogen) atoms. The molecule has 1 aliphatic rings. The van der Waals surface area contributed by atoms with Gasteiger partial charge in [0.05, 0.1) is 18.0 Å². The van der Waals surface area contributed by atoms with Gasteiger partial charge in [-0.2, -0.15) is 5.26 Å². The van der Waals surface area contributed by atoms with Crippen LogP contribution in [-0.2, 0) is 6.52 Å². The third kappa shape index (κ3) is 4.13. The highest BCUT2D eigenvalue weighted by atomic mass is 32.1. The number of fused-ring (bicyclic) bond motifs is 1. The molecule has 0 spiro atoms. The average Bonchev–Trinajstić information content (AvgIpc) is 3.37. The summed E-state index contributed by atoms with van der Waals surface area (Å²) in [6.45, 7) is -16.8. The number of hydrogen-bond donors (Lipinski definition) is 1. The zero-order valence-corrected chi connectivity index (χ0v) is 14.8. The Kier molecular flexibility index (Phi) is 1.98. The van der Waals surface area contributed by atoms with E-state index in [2.05, 4.69) is 15.0 Å². The number of piperidine rings is 1. The maximum absolute atomic E-state index is 9.25. The Morgan fingerprint density at radius 3 is 3.21 bits per heavy atom. The van der Waals surface area contributed by atoms with Gasteiger partial charge in [-0.3, -0.25) is 4.90 Å². The van der Waals surface area contributed by atoms with Gasteiger partial charge in [-0.25, -0.2) is 15.0 Å². The number of anilines is 1. The molecule has 6 nitrogen and oxygen atoms in total. The maximum Gasteiger partial charge on any atom is 0.162 e. The molecule has 7 heteroatoms. The molecule has 0 aliphatic carbocycles. The van der Waals surface area contributed by atoms with Crippen molar-refractivity contribution in [1.82, 2.24) is 19.9 Å². The van der Waals surface area contributed by atoms with Crippen LogP contribution in [0.4, 0.5) is 5.82 Å². The summed E-state index contributed by atoms with van der Waals surface area (Å²) in [5.41, 5.74) is -1.02. The van der Waals surface area contributed by atoms with E-state index in [4.69, 9.17) is 26.1 Å². The second kappa shape index (κ2) is 8.21. The molecule has 144 valence electrons. The van der Waals surface area contributed by atoms with Crippen LogP contribution in [0.5, 0.6) is 0 Å². The van der Waals surface area contributed by atoms with E-state index in [0.717, 1.165) is 6.07 Å². The third-order valence-corrected chi connectivity index (χ3v) is 4.41. The second-order valence-corrected chi connectivity index (χ2v) is 6.34. The van der Waals surface area contributed by atoms with Crippen LogP contribution >= 0.6 is 11.3 Å². The molecule has 0 radical (unpaired) electrons. The SMILES string of the molecule is [2H]c1nc(N([2H])C2([2H])C([2H])([2H])C([2H])([2H])N(C([2H])c3cccc(C#N)c3)C([2H])([2H])C2([2H])[2H])c2nc(C([2H])(C([2H])([2H])[2H])C([2H])([2H])[2H])sc2n1. The summed E-state index contributed by atoms with van der Waals surface area (Å²) in [6.07, 6.45) is -8.91. The van der Waals surface area contributed by atoms with Crippen LogP contribution in [0.3, 0.4) is 0 Å². The number of nitriles is 1. The molecule has 1 aliphatic heterocycles. The smallest absolute Gasteiger partial charge is 0.162 e. The van der Waals surface area contributed by atoms with Crippen LogP contribution in [0.25, 0.3) is 10.3 Å². The number of nitrogens with one attached hydrogen (secondary N) is 1. The van der Waals surface area contributed by atoms with Gasteiger partial charge in [-0.15, -0.1) is 0 Å². The van der Waals surface area contributed by atoms with E-state index in [-0.39, 0.29) is 32.7 Å². The van der Waals surface area contributed by atoms with E-state index in [1.165, 1.54) is 18.2 Å². The summed E-state index contributed by atoms with van der Waals surface area (Å²) in [6, 6.07) is 2.71. The monoisotopic (exact) mass is 411 g/mol. The number of benzene rings is 1. The van der Waals surface area contributed by atoms with Gasteiger partial charge in [0.1, 0.15) is 18.0 Å². The average molecular weight is 412 g/mol. The largest absolute Gasteiger partial charge is 0.365 e. The summed E-state index contributed by atoms with van der Waals surface area (Å²) in [5, 5.41) is 7.94. The van der Waals surface area contributed by atoms with Crippen LogP contribution in [0.15, 0.2) is 30.6 Å². The number of likely N-dealkylation sites (tertiary alicyclic amines) is 1. The fourth-order valence-electron chi connectivity index (χ4n) is 2.24. The number of rotatable bonds is 5. The van der Waals surface area contributed by atoms with Gasteiger partial charge in [0.25, 0.3) is 0 Å². The highest BCUT2D eigenvalue weighted by Crippen LogP contribution is 2.29. The van der Waals surface area contributed by atoms with Crippen molar-refractivity contribution >= 4 is 27.5 Å². The molecule has 0 amide bonds. The molecule has 1 fully saturated rings. The van der Waals surface area contributed by atoms with E-state index in [1.807, 2.05) is 0 Å². The lowest BCUT2D eigenvalue weighted by Crippen LogP contribution is -2.38. The number of thiazole rings is 1.